The van der Waals surface area contributed by atoms with Gasteiger partial charge in [-0.2, -0.15) is 0 Å². The third kappa shape index (κ3) is 2.13. The van der Waals surface area contributed by atoms with E-state index in [-0.39, 0.29) is 0 Å². The van der Waals surface area contributed by atoms with Gasteiger partial charge in [0.05, 0.1) is 0 Å². The highest BCUT2D eigenvalue weighted by molar-refractivity contribution is 5.45. The molecule has 0 saturated heterocycles. The zero-order valence-electron chi connectivity index (χ0n) is 9.09. The molecule has 86 valence electrons. The molecular weight excluding hydrogens is 218 g/mol. The zero-order valence-corrected chi connectivity index (χ0v) is 9.09. The van der Waals surface area contributed by atoms with Crippen molar-refractivity contribution in [2.45, 2.75) is 6.54 Å². The van der Waals surface area contributed by atoms with Crippen LogP contribution in [0.1, 0.15) is 5.56 Å². The molecule has 2 aromatic rings. The van der Waals surface area contributed by atoms with E-state index in [1.807, 2.05) is 18.2 Å². The molecule has 5 nitrogen and oxygen atoms in total. The lowest BCUT2D eigenvalue weighted by atomic mass is 10.2. The first-order valence-corrected chi connectivity index (χ1v) is 5.31. The predicted octanol–water partition coefficient (Wildman–Crippen LogP) is 1.82. The lowest BCUT2D eigenvalue weighted by Gasteiger charge is -2.05. The van der Waals surface area contributed by atoms with Crippen LogP contribution >= 0.6 is 0 Å². The van der Waals surface area contributed by atoms with Crippen LogP contribution in [0.15, 0.2) is 36.7 Å². The molecule has 17 heavy (non-hydrogen) atoms. The molecule has 0 saturated carbocycles. The summed E-state index contributed by atoms with van der Waals surface area (Å²) < 4.78 is 10.6. The standard InChI is InChI=1S/C12H11N3O2/c1-4-13-12(14-5-1)15-7-9-2-3-10-11(6-9)17-8-16-10/h1-6H,7-8H2,(H,13,14,15). The fourth-order valence-electron chi connectivity index (χ4n) is 1.62. The van der Waals surface area contributed by atoms with Crippen LogP contribution in [0.4, 0.5) is 5.95 Å². The van der Waals surface area contributed by atoms with Gasteiger partial charge in [-0.25, -0.2) is 9.97 Å². The van der Waals surface area contributed by atoms with Crippen LogP contribution in [-0.4, -0.2) is 16.8 Å². The Hall–Kier alpha value is -2.30. The molecule has 0 fully saturated rings. The smallest absolute Gasteiger partial charge is 0.231 e. The quantitative estimate of drug-likeness (QED) is 0.870. The highest BCUT2D eigenvalue weighted by atomic mass is 16.7. The fraction of sp³-hybridized carbons (Fsp3) is 0.167. The third-order valence-electron chi connectivity index (χ3n) is 2.45. The third-order valence-corrected chi connectivity index (χ3v) is 2.45. The van der Waals surface area contributed by atoms with Crippen molar-refractivity contribution in [1.82, 2.24) is 9.97 Å². The summed E-state index contributed by atoms with van der Waals surface area (Å²) in [5.41, 5.74) is 1.10. The molecule has 5 heteroatoms. The minimum Gasteiger partial charge on any atom is -0.454 e. The Morgan fingerprint density at radius 3 is 2.82 bits per heavy atom. The monoisotopic (exact) mass is 229 g/mol. The van der Waals surface area contributed by atoms with E-state index in [0.717, 1.165) is 17.1 Å². The largest absolute Gasteiger partial charge is 0.454 e. The van der Waals surface area contributed by atoms with Crippen molar-refractivity contribution in [3.63, 3.8) is 0 Å². The van der Waals surface area contributed by atoms with Gasteiger partial charge in [0.1, 0.15) is 0 Å². The molecule has 0 atom stereocenters. The van der Waals surface area contributed by atoms with E-state index in [0.29, 0.717) is 19.3 Å². The minimum absolute atomic E-state index is 0.300. The van der Waals surface area contributed by atoms with E-state index in [1.54, 1.807) is 18.5 Å². The van der Waals surface area contributed by atoms with Crippen LogP contribution in [0.5, 0.6) is 11.5 Å². The topological polar surface area (TPSA) is 56.3 Å². The van der Waals surface area contributed by atoms with Crippen molar-refractivity contribution in [3.8, 4) is 11.5 Å². The van der Waals surface area contributed by atoms with Gasteiger partial charge in [0.25, 0.3) is 0 Å². The van der Waals surface area contributed by atoms with Crippen molar-refractivity contribution in [2.75, 3.05) is 12.1 Å². The molecular formula is C12H11N3O2. The van der Waals surface area contributed by atoms with Crippen molar-refractivity contribution in [3.05, 3.63) is 42.2 Å². The lowest BCUT2D eigenvalue weighted by molar-refractivity contribution is 0.174. The summed E-state index contributed by atoms with van der Waals surface area (Å²) in [6, 6.07) is 7.64. The summed E-state index contributed by atoms with van der Waals surface area (Å²) in [5, 5.41) is 3.13. The number of aromatic nitrogens is 2. The van der Waals surface area contributed by atoms with Gasteiger partial charge in [-0.15, -0.1) is 0 Å². The second-order valence-corrected chi connectivity index (χ2v) is 3.61. The molecule has 0 spiro atoms. The Kier molecular flexibility index (Phi) is 2.50. The van der Waals surface area contributed by atoms with Gasteiger partial charge in [-0.3, -0.25) is 0 Å². The summed E-state index contributed by atoms with van der Waals surface area (Å²) >= 11 is 0. The second-order valence-electron chi connectivity index (χ2n) is 3.61. The Morgan fingerprint density at radius 1 is 1.12 bits per heavy atom. The Bertz CT molecular complexity index is 516. The van der Waals surface area contributed by atoms with E-state index in [1.165, 1.54) is 0 Å². The molecule has 0 unspecified atom stereocenters. The summed E-state index contributed by atoms with van der Waals surface area (Å²) in [6.45, 7) is 0.953. The number of hydrogen-bond donors (Lipinski definition) is 1. The van der Waals surface area contributed by atoms with Crippen molar-refractivity contribution in [1.29, 1.82) is 0 Å². The van der Waals surface area contributed by atoms with E-state index >= 15 is 0 Å². The lowest BCUT2D eigenvalue weighted by Crippen LogP contribution is -2.02. The summed E-state index contributed by atoms with van der Waals surface area (Å²) in [6.07, 6.45) is 3.41. The summed E-state index contributed by atoms with van der Waals surface area (Å²) in [5.74, 6) is 2.20. The number of nitrogens with zero attached hydrogens (tertiary/aromatic N) is 2. The van der Waals surface area contributed by atoms with E-state index in [4.69, 9.17) is 9.47 Å². The number of anilines is 1. The van der Waals surface area contributed by atoms with Gasteiger partial charge < -0.3 is 14.8 Å². The molecule has 1 aromatic carbocycles. The maximum Gasteiger partial charge on any atom is 0.231 e. The van der Waals surface area contributed by atoms with E-state index in [2.05, 4.69) is 15.3 Å². The maximum atomic E-state index is 5.31. The molecule has 0 aliphatic carbocycles. The Labute approximate surface area is 98.4 Å². The Balaban J connectivity index is 1.70. The normalized spacial score (nSPS) is 12.5. The van der Waals surface area contributed by atoms with E-state index in [9.17, 15) is 0 Å². The van der Waals surface area contributed by atoms with Gasteiger partial charge in [-0.05, 0) is 23.8 Å². The fourth-order valence-corrected chi connectivity index (χ4v) is 1.62. The van der Waals surface area contributed by atoms with Crippen LogP contribution in [0.25, 0.3) is 0 Å². The Morgan fingerprint density at radius 2 is 1.94 bits per heavy atom. The average molecular weight is 229 g/mol. The van der Waals surface area contributed by atoms with Crippen LogP contribution in [0, 0.1) is 0 Å². The molecule has 1 aliphatic rings. The van der Waals surface area contributed by atoms with Crippen LogP contribution < -0.4 is 14.8 Å². The van der Waals surface area contributed by atoms with Crippen molar-refractivity contribution < 1.29 is 9.47 Å². The SMILES string of the molecule is c1cnc(NCc2ccc3c(c2)OCO3)nc1. The minimum atomic E-state index is 0.300. The predicted molar refractivity (Wildman–Crippen MR) is 61.9 cm³/mol. The highest BCUT2D eigenvalue weighted by Gasteiger charge is 2.12. The molecule has 0 radical (unpaired) electrons. The van der Waals surface area contributed by atoms with Crippen molar-refractivity contribution >= 4 is 5.95 Å². The van der Waals surface area contributed by atoms with Gasteiger partial charge in [-0.1, -0.05) is 6.07 Å². The zero-order chi connectivity index (χ0) is 11.5. The number of fused-ring (bicyclic) bond motifs is 1. The van der Waals surface area contributed by atoms with Gasteiger partial charge >= 0.3 is 0 Å². The van der Waals surface area contributed by atoms with Gasteiger partial charge in [0, 0.05) is 18.9 Å². The van der Waals surface area contributed by atoms with Crippen molar-refractivity contribution in [2.24, 2.45) is 0 Å². The second kappa shape index (κ2) is 4.29. The molecule has 1 N–H and O–H groups in total. The number of rotatable bonds is 3. The molecule has 0 bridgehead atoms. The highest BCUT2D eigenvalue weighted by Crippen LogP contribution is 2.32. The molecule has 2 heterocycles. The van der Waals surface area contributed by atoms with E-state index < -0.39 is 0 Å². The molecule has 1 aliphatic heterocycles. The molecule has 0 amide bonds. The number of nitrogens with one attached hydrogen (secondary N) is 1. The first-order valence-electron chi connectivity index (χ1n) is 5.31. The maximum absolute atomic E-state index is 5.31. The van der Waals surface area contributed by atoms with Crippen LogP contribution in [0.3, 0.4) is 0 Å². The van der Waals surface area contributed by atoms with Crippen LogP contribution in [-0.2, 0) is 6.54 Å². The van der Waals surface area contributed by atoms with Gasteiger partial charge in [0.15, 0.2) is 11.5 Å². The average Bonchev–Trinajstić information content (AvgIpc) is 2.85. The first-order chi connectivity index (χ1) is 8.42. The molecule has 3 rings (SSSR count). The number of benzene rings is 1. The number of ether oxygens (including phenoxy) is 2. The molecule has 1 aromatic heterocycles. The number of hydrogen-bond acceptors (Lipinski definition) is 5. The van der Waals surface area contributed by atoms with Gasteiger partial charge in [0.2, 0.25) is 12.7 Å². The van der Waals surface area contributed by atoms with Crippen LogP contribution in [0.2, 0.25) is 0 Å². The first kappa shape index (κ1) is 9.89. The summed E-state index contributed by atoms with van der Waals surface area (Å²) in [7, 11) is 0. The summed E-state index contributed by atoms with van der Waals surface area (Å²) in [4.78, 5) is 8.18.